The average molecular weight is 353 g/mol. The zero-order valence-corrected chi connectivity index (χ0v) is 15.7. The van der Waals surface area contributed by atoms with Gasteiger partial charge in [0.2, 0.25) is 5.91 Å². The highest BCUT2D eigenvalue weighted by molar-refractivity contribution is 7.18. The summed E-state index contributed by atoms with van der Waals surface area (Å²) in [5.74, 6) is 0.149. The van der Waals surface area contributed by atoms with Crippen LogP contribution in [-0.2, 0) is 17.8 Å². The monoisotopic (exact) mass is 353 g/mol. The van der Waals surface area contributed by atoms with Gasteiger partial charge in [0, 0.05) is 46.2 Å². The van der Waals surface area contributed by atoms with Crippen LogP contribution in [-0.4, -0.2) is 36.9 Å². The van der Waals surface area contributed by atoms with E-state index in [0.29, 0.717) is 19.4 Å². The predicted octanol–water partition coefficient (Wildman–Crippen LogP) is 3.95. The van der Waals surface area contributed by atoms with E-state index in [1.165, 1.54) is 4.70 Å². The molecule has 0 bridgehead atoms. The minimum Gasteiger partial charge on any atom is -0.378 e. The lowest BCUT2D eigenvalue weighted by Gasteiger charge is -2.18. The molecule has 1 aromatic heterocycles. The third-order valence-corrected chi connectivity index (χ3v) is 5.29. The molecule has 1 heterocycles. The third-order valence-electron chi connectivity index (χ3n) is 4.19. The van der Waals surface area contributed by atoms with Gasteiger partial charge in [-0.2, -0.15) is 0 Å². The first kappa shape index (κ1) is 17.4. The van der Waals surface area contributed by atoms with Crippen LogP contribution in [0.3, 0.4) is 0 Å². The molecule has 0 atom stereocenters. The van der Waals surface area contributed by atoms with Gasteiger partial charge in [0.15, 0.2) is 0 Å². The van der Waals surface area contributed by atoms with Crippen LogP contribution < -0.4 is 4.90 Å². The van der Waals surface area contributed by atoms with Gasteiger partial charge in [-0.15, -0.1) is 11.3 Å². The van der Waals surface area contributed by atoms with E-state index in [-0.39, 0.29) is 5.91 Å². The zero-order chi connectivity index (χ0) is 17.8. The first-order chi connectivity index (χ1) is 12.0. The molecule has 3 rings (SSSR count). The molecule has 3 aromatic rings. The number of nitrogens with zero attached hydrogens (tertiary/aromatic N) is 3. The summed E-state index contributed by atoms with van der Waals surface area (Å²) < 4.78 is 1.18. The molecule has 0 aliphatic rings. The number of aromatic nitrogens is 1. The van der Waals surface area contributed by atoms with E-state index in [9.17, 15) is 4.79 Å². The first-order valence-corrected chi connectivity index (χ1v) is 9.19. The SMILES string of the molecule is CN(Cc1ccc(N(C)C)cc1)C(=O)CCc1nc2ccccc2s1. The van der Waals surface area contributed by atoms with Gasteiger partial charge in [-0.05, 0) is 29.8 Å². The minimum absolute atomic E-state index is 0.149. The molecule has 130 valence electrons. The lowest BCUT2D eigenvalue weighted by molar-refractivity contribution is -0.130. The summed E-state index contributed by atoms with van der Waals surface area (Å²) in [6.45, 7) is 0.631. The molecule has 0 N–H and O–H groups in total. The number of rotatable bonds is 6. The Hall–Kier alpha value is -2.40. The summed E-state index contributed by atoms with van der Waals surface area (Å²) >= 11 is 1.67. The lowest BCUT2D eigenvalue weighted by Crippen LogP contribution is -2.26. The number of carbonyl (C=O) groups is 1. The normalized spacial score (nSPS) is 10.8. The van der Waals surface area contributed by atoms with Gasteiger partial charge < -0.3 is 9.80 Å². The van der Waals surface area contributed by atoms with Gasteiger partial charge in [-0.1, -0.05) is 24.3 Å². The van der Waals surface area contributed by atoms with Crippen LogP contribution in [0.1, 0.15) is 17.0 Å². The molecular weight excluding hydrogens is 330 g/mol. The van der Waals surface area contributed by atoms with Gasteiger partial charge >= 0.3 is 0 Å². The second kappa shape index (κ2) is 7.66. The zero-order valence-electron chi connectivity index (χ0n) is 14.9. The van der Waals surface area contributed by atoms with Crippen LogP contribution >= 0.6 is 11.3 Å². The molecule has 0 saturated carbocycles. The standard InChI is InChI=1S/C20H23N3OS/c1-22(2)16-10-8-15(9-11-16)14-23(3)20(24)13-12-19-21-17-6-4-5-7-18(17)25-19/h4-11H,12-14H2,1-3H3. The molecule has 5 heteroatoms. The molecule has 0 fully saturated rings. The molecule has 0 aliphatic heterocycles. The van der Waals surface area contributed by atoms with Crippen LogP contribution in [0.25, 0.3) is 10.2 Å². The largest absolute Gasteiger partial charge is 0.378 e. The molecule has 0 aliphatic carbocycles. The molecular formula is C20H23N3OS. The fourth-order valence-electron chi connectivity index (χ4n) is 2.69. The van der Waals surface area contributed by atoms with Crippen LogP contribution in [0.5, 0.6) is 0 Å². The van der Waals surface area contributed by atoms with E-state index in [1.807, 2.05) is 39.3 Å². The lowest BCUT2D eigenvalue weighted by atomic mass is 10.2. The Bertz CT molecular complexity index is 822. The number of thiazole rings is 1. The molecule has 4 nitrogen and oxygen atoms in total. The summed E-state index contributed by atoms with van der Waals surface area (Å²) in [6.07, 6.45) is 1.19. The maximum Gasteiger partial charge on any atom is 0.223 e. The van der Waals surface area contributed by atoms with Gasteiger partial charge in [-0.3, -0.25) is 4.79 Å². The Labute approximate surface area is 152 Å². The maximum absolute atomic E-state index is 12.4. The van der Waals surface area contributed by atoms with E-state index in [0.717, 1.165) is 21.8 Å². The predicted molar refractivity (Wildman–Crippen MR) is 105 cm³/mol. The molecule has 0 saturated heterocycles. The van der Waals surface area contributed by atoms with Crippen LogP contribution in [0.2, 0.25) is 0 Å². The van der Waals surface area contributed by atoms with Crippen molar-refractivity contribution in [1.29, 1.82) is 0 Å². The number of hydrogen-bond acceptors (Lipinski definition) is 4. The Morgan fingerprint density at radius 1 is 1.04 bits per heavy atom. The molecule has 0 radical (unpaired) electrons. The third kappa shape index (κ3) is 4.37. The Kier molecular flexibility index (Phi) is 5.34. The number of benzene rings is 2. The van der Waals surface area contributed by atoms with Crippen molar-refractivity contribution in [1.82, 2.24) is 9.88 Å². The van der Waals surface area contributed by atoms with Gasteiger partial charge in [0.25, 0.3) is 0 Å². The van der Waals surface area contributed by atoms with Gasteiger partial charge in [0.1, 0.15) is 0 Å². The number of anilines is 1. The molecule has 1 amide bonds. The van der Waals surface area contributed by atoms with E-state index in [4.69, 9.17) is 0 Å². The molecule has 25 heavy (non-hydrogen) atoms. The fraction of sp³-hybridized carbons (Fsp3) is 0.300. The Balaban J connectivity index is 1.55. The second-order valence-electron chi connectivity index (χ2n) is 6.39. The van der Waals surface area contributed by atoms with E-state index >= 15 is 0 Å². The van der Waals surface area contributed by atoms with Crippen LogP contribution in [0.4, 0.5) is 5.69 Å². The van der Waals surface area contributed by atoms with Crippen molar-refractivity contribution in [3.05, 3.63) is 59.1 Å². The highest BCUT2D eigenvalue weighted by Gasteiger charge is 2.11. The quantitative estimate of drug-likeness (QED) is 0.673. The van der Waals surface area contributed by atoms with Crippen molar-refractivity contribution in [3.63, 3.8) is 0 Å². The van der Waals surface area contributed by atoms with Crippen molar-refractivity contribution in [2.45, 2.75) is 19.4 Å². The van der Waals surface area contributed by atoms with E-state index in [2.05, 4.69) is 40.2 Å². The molecule has 2 aromatic carbocycles. The number of hydrogen-bond donors (Lipinski definition) is 0. The number of fused-ring (bicyclic) bond motifs is 1. The van der Waals surface area contributed by atoms with E-state index in [1.54, 1.807) is 16.2 Å². The maximum atomic E-state index is 12.4. The minimum atomic E-state index is 0.149. The summed E-state index contributed by atoms with van der Waals surface area (Å²) in [4.78, 5) is 20.9. The summed E-state index contributed by atoms with van der Waals surface area (Å²) in [6, 6.07) is 16.4. The van der Waals surface area contributed by atoms with Crippen LogP contribution in [0, 0.1) is 0 Å². The van der Waals surface area contributed by atoms with Gasteiger partial charge in [0.05, 0.1) is 15.2 Å². The topological polar surface area (TPSA) is 36.4 Å². The fourth-order valence-corrected chi connectivity index (χ4v) is 3.66. The Morgan fingerprint density at radius 2 is 1.76 bits per heavy atom. The highest BCUT2D eigenvalue weighted by Crippen LogP contribution is 2.22. The molecule has 0 spiro atoms. The van der Waals surface area contributed by atoms with Crippen molar-refractivity contribution in [2.75, 3.05) is 26.0 Å². The first-order valence-electron chi connectivity index (χ1n) is 8.37. The van der Waals surface area contributed by atoms with Crippen molar-refractivity contribution in [3.8, 4) is 0 Å². The second-order valence-corrected chi connectivity index (χ2v) is 7.50. The van der Waals surface area contributed by atoms with Crippen molar-refractivity contribution in [2.24, 2.45) is 0 Å². The molecule has 0 unspecified atom stereocenters. The summed E-state index contributed by atoms with van der Waals surface area (Å²) in [7, 11) is 5.90. The van der Waals surface area contributed by atoms with Crippen LogP contribution in [0.15, 0.2) is 48.5 Å². The number of aryl methyl sites for hydroxylation is 1. The summed E-state index contributed by atoms with van der Waals surface area (Å²) in [5.41, 5.74) is 3.32. The Morgan fingerprint density at radius 3 is 2.44 bits per heavy atom. The van der Waals surface area contributed by atoms with Gasteiger partial charge in [-0.25, -0.2) is 4.98 Å². The average Bonchev–Trinajstić information content (AvgIpc) is 3.03. The number of para-hydroxylation sites is 1. The van der Waals surface area contributed by atoms with E-state index < -0.39 is 0 Å². The summed E-state index contributed by atoms with van der Waals surface area (Å²) in [5, 5.41) is 1.03. The number of amides is 1. The van der Waals surface area contributed by atoms with Crippen molar-refractivity contribution < 1.29 is 4.79 Å². The smallest absolute Gasteiger partial charge is 0.223 e. The number of carbonyl (C=O) groups excluding carboxylic acids is 1. The van der Waals surface area contributed by atoms with Crippen molar-refractivity contribution >= 4 is 33.1 Å². The highest BCUT2D eigenvalue weighted by atomic mass is 32.1.